The molecule has 1 fully saturated rings. The summed E-state index contributed by atoms with van der Waals surface area (Å²) in [6.07, 6.45) is 1.38. The zero-order valence-corrected chi connectivity index (χ0v) is 6.66. The quantitative estimate of drug-likeness (QED) is 0.617. The monoisotopic (exact) mass is 147 g/mol. The van der Waals surface area contributed by atoms with Crippen LogP contribution in [0.5, 0.6) is 0 Å². The van der Waals surface area contributed by atoms with Crippen LogP contribution in [0.4, 0.5) is 0 Å². The van der Waals surface area contributed by atoms with Crippen molar-refractivity contribution in [3.05, 3.63) is 35.9 Å². The number of likely N-dealkylation sites (tertiary alicyclic amines) is 1. The van der Waals surface area contributed by atoms with Crippen molar-refractivity contribution in [1.29, 1.82) is 0 Å². The van der Waals surface area contributed by atoms with Crippen LogP contribution in [0.25, 0.3) is 0 Å². The molecule has 2 rings (SSSR count). The van der Waals surface area contributed by atoms with Crippen molar-refractivity contribution in [2.45, 2.75) is 13.0 Å². The molecule has 0 bridgehead atoms. The van der Waals surface area contributed by atoms with Crippen molar-refractivity contribution in [3.63, 3.8) is 0 Å². The third kappa shape index (κ3) is 1.60. The summed E-state index contributed by atoms with van der Waals surface area (Å²) < 4.78 is 0. The van der Waals surface area contributed by atoms with Gasteiger partial charge in [0, 0.05) is 6.54 Å². The molecule has 1 aliphatic heterocycles. The normalized spacial score (nSPS) is 17.8. The highest BCUT2D eigenvalue weighted by atomic mass is 15.2. The molecular weight excluding hydrogens is 134 g/mol. The van der Waals surface area contributed by atoms with E-state index in [1.165, 1.54) is 25.1 Å². The summed E-state index contributed by atoms with van der Waals surface area (Å²) in [7, 11) is 0. The van der Waals surface area contributed by atoms with E-state index in [2.05, 4.69) is 35.2 Å². The fourth-order valence-electron chi connectivity index (χ4n) is 1.38. The molecule has 0 N–H and O–H groups in total. The third-order valence-corrected chi connectivity index (χ3v) is 2.20. The summed E-state index contributed by atoms with van der Waals surface area (Å²) in [6.45, 7) is 3.71. The van der Waals surface area contributed by atoms with Gasteiger partial charge in [-0.25, -0.2) is 0 Å². The zero-order valence-electron chi connectivity index (χ0n) is 6.66. The van der Waals surface area contributed by atoms with Crippen molar-refractivity contribution < 1.29 is 0 Å². The lowest BCUT2D eigenvalue weighted by molar-refractivity contribution is 0.172. The highest BCUT2D eigenvalue weighted by molar-refractivity contribution is 5.14. The molecule has 58 valence electrons. The van der Waals surface area contributed by atoms with E-state index in [4.69, 9.17) is 0 Å². The molecule has 1 saturated heterocycles. The van der Waals surface area contributed by atoms with Gasteiger partial charge in [-0.2, -0.15) is 0 Å². The molecule has 1 aromatic rings. The van der Waals surface area contributed by atoms with E-state index in [1.807, 2.05) is 0 Å². The summed E-state index contributed by atoms with van der Waals surface area (Å²) >= 11 is 0. The van der Waals surface area contributed by atoms with Gasteiger partial charge < -0.3 is 0 Å². The Kier molecular flexibility index (Phi) is 1.91. The van der Waals surface area contributed by atoms with Gasteiger partial charge in [-0.3, -0.25) is 4.90 Å². The molecule has 0 amide bonds. The summed E-state index contributed by atoms with van der Waals surface area (Å²) in [4.78, 5) is 2.47. The Bertz CT molecular complexity index is 214. The molecule has 1 aromatic carbocycles. The molecule has 0 aliphatic carbocycles. The van der Waals surface area contributed by atoms with Gasteiger partial charge in [-0.05, 0) is 25.1 Å². The lowest BCUT2D eigenvalue weighted by Crippen LogP contribution is -2.36. The first-order valence-corrected chi connectivity index (χ1v) is 4.21. The standard InChI is InChI=1S/C10H13N/c1-2-5-10(6-3-1)9-11-7-4-8-11/h1-3,5-6H,4,7-9H2. The van der Waals surface area contributed by atoms with E-state index in [9.17, 15) is 0 Å². The molecule has 0 atom stereocenters. The highest BCUT2D eigenvalue weighted by Gasteiger charge is 2.12. The summed E-state index contributed by atoms with van der Waals surface area (Å²) in [5.74, 6) is 0. The number of rotatable bonds is 2. The maximum absolute atomic E-state index is 2.47. The molecule has 1 heterocycles. The molecule has 1 heteroatoms. The van der Waals surface area contributed by atoms with Crippen LogP contribution in [-0.4, -0.2) is 18.0 Å². The second kappa shape index (κ2) is 3.05. The summed E-state index contributed by atoms with van der Waals surface area (Å²) in [5.41, 5.74) is 1.44. The van der Waals surface area contributed by atoms with Gasteiger partial charge in [-0.1, -0.05) is 30.3 Å². The van der Waals surface area contributed by atoms with Crippen molar-refractivity contribution in [3.8, 4) is 0 Å². The lowest BCUT2D eigenvalue weighted by atomic mass is 10.1. The first-order valence-electron chi connectivity index (χ1n) is 4.21. The van der Waals surface area contributed by atoms with E-state index in [0.29, 0.717) is 0 Å². The number of benzene rings is 1. The van der Waals surface area contributed by atoms with Gasteiger partial charge in [0.2, 0.25) is 0 Å². The van der Waals surface area contributed by atoms with Gasteiger partial charge in [0.25, 0.3) is 0 Å². The zero-order chi connectivity index (χ0) is 7.52. The average Bonchev–Trinajstić information content (AvgIpc) is 1.99. The van der Waals surface area contributed by atoms with Crippen LogP contribution in [0.3, 0.4) is 0 Å². The lowest BCUT2D eigenvalue weighted by Gasteiger charge is -2.30. The van der Waals surface area contributed by atoms with Crippen molar-refractivity contribution in [1.82, 2.24) is 4.90 Å². The maximum Gasteiger partial charge on any atom is 0.0233 e. The molecular formula is C10H13N. The predicted octanol–water partition coefficient (Wildman–Crippen LogP) is 1.89. The Hall–Kier alpha value is -0.820. The van der Waals surface area contributed by atoms with Crippen molar-refractivity contribution in [2.75, 3.05) is 13.1 Å². The fourth-order valence-corrected chi connectivity index (χ4v) is 1.38. The van der Waals surface area contributed by atoms with E-state index in [1.54, 1.807) is 0 Å². The van der Waals surface area contributed by atoms with Gasteiger partial charge in [-0.15, -0.1) is 0 Å². The Labute approximate surface area is 67.6 Å². The van der Waals surface area contributed by atoms with Gasteiger partial charge in [0.15, 0.2) is 0 Å². The number of hydrogen-bond acceptors (Lipinski definition) is 1. The van der Waals surface area contributed by atoms with Crippen molar-refractivity contribution >= 4 is 0 Å². The number of nitrogens with zero attached hydrogens (tertiary/aromatic N) is 1. The molecule has 0 aromatic heterocycles. The van der Waals surface area contributed by atoms with Gasteiger partial charge in [0.1, 0.15) is 0 Å². The van der Waals surface area contributed by atoms with Crippen LogP contribution in [0.2, 0.25) is 0 Å². The van der Waals surface area contributed by atoms with Crippen LogP contribution in [-0.2, 0) is 6.54 Å². The molecule has 1 aliphatic rings. The summed E-state index contributed by atoms with van der Waals surface area (Å²) in [6, 6.07) is 10.7. The minimum atomic E-state index is 1.14. The van der Waals surface area contributed by atoms with Gasteiger partial charge in [0.05, 0.1) is 0 Å². The van der Waals surface area contributed by atoms with E-state index in [-0.39, 0.29) is 0 Å². The van der Waals surface area contributed by atoms with Crippen LogP contribution < -0.4 is 0 Å². The van der Waals surface area contributed by atoms with E-state index in [0.717, 1.165) is 6.54 Å². The second-order valence-corrected chi connectivity index (χ2v) is 3.12. The predicted molar refractivity (Wildman–Crippen MR) is 46.3 cm³/mol. The second-order valence-electron chi connectivity index (χ2n) is 3.12. The van der Waals surface area contributed by atoms with Crippen LogP contribution in [0, 0.1) is 0 Å². The first kappa shape index (κ1) is 6.86. The van der Waals surface area contributed by atoms with E-state index >= 15 is 0 Å². The molecule has 0 unspecified atom stereocenters. The molecule has 11 heavy (non-hydrogen) atoms. The summed E-state index contributed by atoms with van der Waals surface area (Å²) in [5, 5.41) is 0. The SMILES string of the molecule is c1ccc(CN2CCC2)cc1. The average molecular weight is 147 g/mol. The Morgan fingerprint density at radius 1 is 1.09 bits per heavy atom. The molecule has 0 spiro atoms. The minimum absolute atomic E-state index is 1.14. The third-order valence-electron chi connectivity index (χ3n) is 2.20. The largest absolute Gasteiger partial charge is 0.299 e. The maximum atomic E-state index is 2.47. The smallest absolute Gasteiger partial charge is 0.0233 e. The number of hydrogen-bond donors (Lipinski definition) is 0. The Morgan fingerprint density at radius 2 is 1.82 bits per heavy atom. The molecule has 0 saturated carbocycles. The highest BCUT2D eigenvalue weighted by Crippen LogP contribution is 2.11. The topological polar surface area (TPSA) is 3.24 Å². The fraction of sp³-hybridized carbons (Fsp3) is 0.400. The van der Waals surface area contributed by atoms with Crippen LogP contribution >= 0.6 is 0 Å². The van der Waals surface area contributed by atoms with Crippen LogP contribution in [0.15, 0.2) is 30.3 Å². The van der Waals surface area contributed by atoms with E-state index < -0.39 is 0 Å². The van der Waals surface area contributed by atoms with Crippen molar-refractivity contribution in [2.24, 2.45) is 0 Å². The molecule has 1 nitrogen and oxygen atoms in total. The Morgan fingerprint density at radius 3 is 2.36 bits per heavy atom. The van der Waals surface area contributed by atoms with Gasteiger partial charge >= 0.3 is 0 Å². The Balaban J connectivity index is 1.95. The minimum Gasteiger partial charge on any atom is -0.299 e. The first-order chi connectivity index (χ1) is 5.45. The van der Waals surface area contributed by atoms with Crippen LogP contribution in [0.1, 0.15) is 12.0 Å². The molecule has 0 radical (unpaired) electrons.